The monoisotopic (exact) mass is 404 g/mol. The Balaban J connectivity index is 1.66. The Bertz CT molecular complexity index is 1160. The average molecular weight is 405 g/mol. The molecule has 0 aliphatic rings. The van der Waals surface area contributed by atoms with Gasteiger partial charge in [-0.2, -0.15) is 5.10 Å². The fourth-order valence-electron chi connectivity index (χ4n) is 3.73. The first-order chi connectivity index (χ1) is 14.5. The van der Waals surface area contributed by atoms with Crippen molar-refractivity contribution in [1.82, 2.24) is 19.7 Å². The fraction of sp³-hybridized carbons (Fsp3) is 0.333. The van der Waals surface area contributed by atoms with Crippen molar-refractivity contribution in [3.05, 3.63) is 65.8 Å². The van der Waals surface area contributed by atoms with Gasteiger partial charge in [-0.25, -0.2) is 4.98 Å². The summed E-state index contributed by atoms with van der Waals surface area (Å²) in [6.45, 7) is 7.92. The van der Waals surface area contributed by atoms with E-state index in [4.69, 9.17) is 14.1 Å². The predicted molar refractivity (Wildman–Crippen MR) is 118 cm³/mol. The molecule has 0 N–H and O–H groups in total. The third-order valence-electron chi connectivity index (χ3n) is 5.45. The van der Waals surface area contributed by atoms with Crippen molar-refractivity contribution < 1.29 is 9.15 Å². The van der Waals surface area contributed by atoms with E-state index in [1.54, 1.807) is 7.11 Å². The molecule has 2 heterocycles. The minimum atomic E-state index is 0.367. The van der Waals surface area contributed by atoms with Gasteiger partial charge < -0.3 is 9.15 Å². The predicted octanol–water partition coefficient (Wildman–Crippen LogP) is 4.96. The van der Waals surface area contributed by atoms with Crippen LogP contribution in [-0.2, 0) is 20.1 Å². The van der Waals surface area contributed by atoms with Crippen LogP contribution in [0, 0.1) is 6.92 Å². The number of aryl methyl sites for hydroxylation is 2. The van der Waals surface area contributed by atoms with E-state index in [1.807, 2.05) is 49.1 Å². The summed E-state index contributed by atoms with van der Waals surface area (Å²) in [6.07, 6.45) is 3.97. The topological polar surface area (TPSA) is 56.3 Å². The number of oxazole rings is 1. The third-order valence-corrected chi connectivity index (χ3v) is 5.45. The molecule has 0 aliphatic heterocycles. The van der Waals surface area contributed by atoms with E-state index in [1.165, 1.54) is 5.56 Å². The first-order valence-corrected chi connectivity index (χ1v) is 10.2. The van der Waals surface area contributed by atoms with Crippen LogP contribution in [0.2, 0.25) is 0 Å². The average Bonchev–Trinajstić information content (AvgIpc) is 3.31. The van der Waals surface area contributed by atoms with Gasteiger partial charge >= 0.3 is 0 Å². The molecular formula is C24H28N4O2. The molecule has 0 spiro atoms. The maximum absolute atomic E-state index is 6.12. The normalized spacial score (nSPS) is 11.7. The van der Waals surface area contributed by atoms with Crippen LogP contribution in [0.4, 0.5) is 0 Å². The molecule has 156 valence electrons. The molecule has 6 heteroatoms. The van der Waals surface area contributed by atoms with Gasteiger partial charge in [-0.3, -0.25) is 9.58 Å². The highest BCUT2D eigenvalue weighted by atomic mass is 16.5. The second kappa shape index (κ2) is 8.32. The van der Waals surface area contributed by atoms with E-state index >= 15 is 0 Å². The largest absolute Gasteiger partial charge is 0.496 e. The first-order valence-electron chi connectivity index (χ1n) is 10.2. The van der Waals surface area contributed by atoms with Gasteiger partial charge in [-0.05, 0) is 38.3 Å². The number of ether oxygens (including phenoxy) is 1. The van der Waals surface area contributed by atoms with E-state index in [9.17, 15) is 0 Å². The molecule has 2 aromatic carbocycles. The molecule has 0 bridgehead atoms. The first kappa shape index (κ1) is 20.2. The van der Waals surface area contributed by atoms with Crippen molar-refractivity contribution in [2.24, 2.45) is 7.05 Å². The Labute approximate surface area is 177 Å². The van der Waals surface area contributed by atoms with Crippen molar-refractivity contribution in [2.45, 2.75) is 39.9 Å². The van der Waals surface area contributed by atoms with Crippen LogP contribution < -0.4 is 4.74 Å². The van der Waals surface area contributed by atoms with E-state index in [0.29, 0.717) is 11.9 Å². The highest BCUT2D eigenvalue weighted by molar-refractivity contribution is 5.98. The summed E-state index contributed by atoms with van der Waals surface area (Å²) in [5.74, 6) is 2.34. The lowest BCUT2D eigenvalue weighted by molar-refractivity contribution is 0.200. The molecule has 4 aromatic rings. The Morgan fingerprint density at radius 1 is 1.10 bits per heavy atom. The second-order valence-electron chi connectivity index (χ2n) is 7.90. The van der Waals surface area contributed by atoms with Gasteiger partial charge in [0, 0.05) is 48.9 Å². The third kappa shape index (κ3) is 3.96. The van der Waals surface area contributed by atoms with Crippen molar-refractivity contribution in [1.29, 1.82) is 0 Å². The van der Waals surface area contributed by atoms with Gasteiger partial charge in [0.05, 0.1) is 19.0 Å². The van der Waals surface area contributed by atoms with Crippen LogP contribution in [0.1, 0.15) is 30.9 Å². The maximum atomic E-state index is 6.12. The van der Waals surface area contributed by atoms with Crippen LogP contribution in [-0.4, -0.2) is 32.8 Å². The Morgan fingerprint density at radius 2 is 1.87 bits per heavy atom. The summed E-state index contributed by atoms with van der Waals surface area (Å²) in [5, 5.41) is 6.41. The maximum Gasteiger partial charge on any atom is 0.227 e. The fourth-order valence-corrected chi connectivity index (χ4v) is 3.73. The number of aromatic nitrogens is 3. The SMILES string of the molecule is COc1ccc(-c2nc(CN(Cc3cnn(C)c3)C(C)C)c(C)o2)c2ccccc12. The van der Waals surface area contributed by atoms with Gasteiger partial charge in [0.1, 0.15) is 11.5 Å². The quantitative estimate of drug-likeness (QED) is 0.436. The summed E-state index contributed by atoms with van der Waals surface area (Å²) >= 11 is 0. The van der Waals surface area contributed by atoms with E-state index in [2.05, 4.69) is 42.2 Å². The van der Waals surface area contributed by atoms with E-state index in [-0.39, 0.29) is 0 Å². The molecule has 0 unspecified atom stereocenters. The molecule has 0 saturated carbocycles. The number of benzene rings is 2. The lowest BCUT2D eigenvalue weighted by Gasteiger charge is -2.25. The molecule has 2 aromatic heterocycles. The zero-order valence-electron chi connectivity index (χ0n) is 18.2. The van der Waals surface area contributed by atoms with Crippen LogP contribution >= 0.6 is 0 Å². The van der Waals surface area contributed by atoms with Gasteiger partial charge in [-0.15, -0.1) is 0 Å². The molecule has 0 aliphatic carbocycles. The van der Waals surface area contributed by atoms with Gasteiger partial charge in [0.15, 0.2) is 0 Å². The van der Waals surface area contributed by atoms with Crippen LogP contribution in [0.15, 0.2) is 53.2 Å². The zero-order chi connectivity index (χ0) is 21.3. The van der Waals surface area contributed by atoms with Crippen LogP contribution in [0.5, 0.6) is 5.75 Å². The Morgan fingerprint density at radius 3 is 2.53 bits per heavy atom. The summed E-state index contributed by atoms with van der Waals surface area (Å²) in [4.78, 5) is 7.26. The van der Waals surface area contributed by atoms with E-state index in [0.717, 1.165) is 46.6 Å². The van der Waals surface area contributed by atoms with Crippen molar-refractivity contribution in [3.8, 4) is 17.2 Å². The second-order valence-corrected chi connectivity index (χ2v) is 7.90. The molecule has 0 amide bonds. The number of fused-ring (bicyclic) bond motifs is 1. The molecule has 0 saturated heterocycles. The lowest BCUT2D eigenvalue weighted by atomic mass is 10.0. The summed E-state index contributed by atoms with van der Waals surface area (Å²) in [7, 11) is 3.63. The minimum Gasteiger partial charge on any atom is -0.496 e. The van der Waals surface area contributed by atoms with Crippen molar-refractivity contribution in [2.75, 3.05) is 7.11 Å². The van der Waals surface area contributed by atoms with Gasteiger partial charge in [0.25, 0.3) is 0 Å². The molecule has 0 radical (unpaired) electrons. The van der Waals surface area contributed by atoms with E-state index < -0.39 is 0 Å². The summed E-state index contributed by atoms with van der Waals surface area (Å²) < 4.78 is 13.5. The van der Waals surface area contributed by atoms with Gasteiger partial charge in [0.2, 0.25) is 5.89 Å². The number of methoxy groups -OCH3 is 1. The number of rotatable bonds is 7. The molecule has 0 fully saturated rings. The van der Waals surface area contributed by atoms with Crippen molar-refractivity contribution >= 4 is 10.8 Å². The smallest absolute Gasteiger partial charge is 0.227 e. The Hall–Kier alpha value is -3.12. The van der Waals surface area contributed by atoms with Gasteiger partial charge in [-0.1, -0.05) is 24.3 Å². The number of nitrogens with zero attached hydrogens (tertiary/aromatic N) is 4. The van der Waals surface area contributed by atoms with Crippen LogP contribution in [0.3, 0.4) is 0 Å². The minimum absolute atomic E-state index is 0.367. The molecule has 0 atom stereocenters. The number of hydrogen-bond donors (Lipinski definition) is 0. The molecule has 30 heavy (non-hydrogen) atoms. The molecule has 4 rings (SSSR count). The standard InChI is InChI=1S/C24H28N4O2/c1-16(2)28(14-18-12-25-27(4)13-18)15-22-17(3)30-24(26-22)21-10-11-23(29-5)20-9-7-6-8-19(20)21/h6-13,16H,14-15H2,1-5H3. The highest BCUT2D eigenvalue weighted by Gasteiger charge is 2.19. The lowest BCUT2D eigenvalue weighted by Crippen LogP contribution is -2.30. The molecule has 6 nitrogen and oxygen atoms in total. The zero-order valence-corrected chi connectivity index (χ0v) is 18.2. The highest BCUT2D eigenvalue weighted by Crippen LogP contribution is 2.34. The Kier molecular flexibility index (Phi) is 5.59. The summed E-state index contributed by atoms with van der Waals surface area (Å²) in [5.41, 5.74) is 3.13. The van der Waals surface area contributed by atoms with Crippen LogP contribution in [0.25, 0.3) is 22.2 Å². The summed E-state index contributed by atoms with van der Waals surface area (Å²) in [6, 6.07) is 12.5. The van der Waals surface area contributed by atoms with Crippen molar-refractivity contribution in [3.63, 3.8) is 0 Å². The molecular weight excluding hydrogens is 376 g/mol. The number of hydrogen-bond acceptors (Lipinski definition) is 5.